The van der Waals surface area contributed by atoms with Crippen molar-refractivity contribution in [3.63, 3.8) is 0 Å². The van der Waals surface area contributed by atoms with Crippen LogP contribution in [0.1, 0.15) is 37.8 Å². The highest BCUT2D eigenvalue weighted by Crippen LogP contribution is 2.45. The van der Waals surface area contributed by atoms with Crippen molar-refractivity contribution in [2.24, 2.45) is 4.99 Å². The Hall–Kier alpha value is -2.74. The lowest BCUT2D eigenvalue weighted by Gasteiger charge is -2.36. The second-order valence-corrected chi connectivity index (χ2v) is 8.26. The number of methoxy groups -OCH3 is 2. The third-order valence-corrected chi connectivity index (χ3v) is 6.50. The summed E-state index contributed by atoms with van der Waals surface area (Å²) in [6.07, 6.45) is 2.38. The molecule has 158 valence electrons. The van der Waals surface area contributed by atoms with Crippen LogP contribution in [0.25, 0.3) is 0 Å². The van der Waals surface area contributed by atoms with Gasteiger partial charge in [0.1, 0.15) is 5.75 Å². The lowest BCUT2D eigenvalue weighted by molar-refractivity contribution is -0.136. The van der Waals surface area contributed by atoms with Gasteiger partial charge in [-0.15, -0.1) is 0 Å². The second kappa shape index (κ2) is 8.55. The molecular weight excluding hydrogens is 402 g/mol. The van der Waals surface area contributed by atoms with Gasteiger partial charge in [-0.05, 0) is 42.9 Å². The maximum Gasteiger partial charge on any atom is 0.338 e. The largest absolute Gasteiger partial charge is 0.497 e. The molecule has 1 unspecified atom stereocenters. The highest BCUT2D eigenvalue weighted by Gasteiger charge is 2.41. The van der Waals surface area contributed by atoms with E-state index < -0.39 is 12.0 Å². The third-order valence-electron chi connectivity index (χ3n) is 5.61. The number of ether oxygens (including phenoxy) is 2. The molecule has 3 aliphatic heterocycles. The van der Waals surface area contributed by atoms with Crippen molar-refractivity contribution in [2.75, 3.05) is 27.3 Å². The maximum atomic E-state index is 12.8. The molecule has 30 heavy (non-hydrogen) atoms. The fourth-order valence-corrected chi connectivity index (χ4v) is 5.07. The summed E-state index contributed by atoms with van der Waals surface area (Å²) in [5, 5.41) is 2.73. The standard InChI is InChI=1S/C22H25N3O4S/c1-14-19(21(27)29-3)20(15-7-6-8-17(11-15)28-2)25-16(13-30-22(25)23-14)12-18(26)24-9-4-5-10-24/h6-8,11,13,20H,4-5,9-10,12H2,1-3H3. The molecule has 0 N–H and O–H groups in total. The van der Waals surface area contributed by atoms with Gasteiger partial charge in [0, 0.05) is 18.8 Å². The number of carbonyl (C=O) groups excluding carboxylic acids is 2. The fourth-order valence-electron chi connectivity index (χ4n) is 4.10. The molecule has 7 nitrogen and oxygen atoms in total. The van der Waals surface area contributed by atoms with E-state index in [1.807, 2.05) is 46.4 Å². The third kappa shape index (κ3) is 3.71. The van der Waals surface area contributed by atoms with Crippen molar-refractivity contribution >= 4 is 28.8 Å². The predicted octanol–water partition coefficient (Wildman–Crippen LogP) is 3.46. The monoisotopic (exact) mass is 427 g/mol. The van der Waals surface area contributed by atoms with E-state index in [1.54, 1.807) is 7.11 Å². The zero-order valence-corrected chi connectivity index (χ0v) is 18.2. The zero-order chi connectivity index (χ0) is 21.3. The summed E-state index contributed by atoms with van der Waals surface area (Å²) >= 11 is 1.48. The lowest BCUT2D eigenvalue weighted by Crippen LogP contribution is -2.38. The quantitative estimate of drug-likeness (QED) is 0.671. The molecule has 0 aromatic heterocycles. The topological polar surface area (TPSA) is 71.4 Å². The number of likely N-dealkylation sites (tertiary alicyclic amines) is 1. The maximum absolute atomic E-state index is 12.8. The van der Waals surface area contributed by atoms with Crippen molar-refractivity contribution in [3.8, 4) is 5.75 Å². The van der Waals surface area contributed by atoms with Gasteiger partial charge in [0.2, 0.25) is 5.91 Å². The highest BCUT2D eigenvalue weighted by atomic mass is 32.2. The number of amidine groups is 1. The van der Waals surface area contributed by atoms with Crippen molar-refractivity contribution in [1.82, 2.24) is 9.80 Å². The summed E-state index contributed by atoms with van der Waals surface area (Å²) in [4.78, 5) is 34.1. The molecule has 0 bridgehead atoms. The van der Waals surface area contributed by atoms with Gasteiger partial charge in [0.15, 0.2) is 5.17 Å². The Kier molecular flexibility index (Phi) is 5.85. The van der Waals surface area contributed by atoms with E-state index in [0.717, 1.165) is 42.4 Å². The average Bonchev–Trinajstić information content (AvgIpc) is 3.43. The van der Waals surface area contributed by atoms with E-state index >= 15 is 0 Å². The minimum atomic E-state index is -0.437. The van der Waals surface area contributed by atoms with Crippen LogP contribution >= 0.6 is 11.8 Å². The molecule has 3 aliphatic rings. The molecule has 0 saturated carbocycles. The Morgan fingerprint density at radius 3 is 2.70 bits per heavy atom. The molecule has 0 radical (unpaired) electrons. The zero-order valence-electron chi connectivity index (χ0n) is 17.4. The molecule has 1 saturated heterocycles. The molecular formula is C22H25N3O4S. The smallest absolute Gasteiger partial charge is 0.338 e. The first-order valence-electron chi connectivity index (χ1n) is 9.98. The number of esters is 1. The first kappa shape index (κ1) is 20.5. The first-order chi connectivity index (χ1) is 14.5. The molecule has 4 rings (SSSR count). The van der Waals surface area contributed by atoms with E-state index in [4.69, 9.17) is 9.47 Å². The molecule has 1 atom stereocenters. The van der Waals surface area contributed by atoms with Gasteiger partial charge in [-0.1, -0.05) is 23.9 Å². The molecule has 3 heterocycles. The summed E-state index contributed by atoms with van der Waals surface area (Å²) in [7, 11) is 2.98. The summed E-state index contributed by atoms with van der Waals surface area (Å²) in [6, 6.07) is 7.18. The average molecular weight is 428 g/mol. The van der Waals surface area contributed by atoms with E-state index in [9.17, 15) is 9.59 Å². The Labute approximate surface area is 180 Å². The number of nitrogens with zero attached hydrogens (tertiary/aromatic N) is 3. The van der Waals surface area contributed by atoms with Gasteiger partial charge < -0.3 is 19.3 Å². The number of rotatable bonds is 5. The van der Waals surface area contributed by atoms with Crippen LogP contribution in [-0.4, -0.2) is 54.2 Å². The van der Waals surface area contributed by atoms with E-state index in [0.29, 0.717) is 17.0 Å². The number of aliphatic imine (C=N–C) groups is 1. The van der Waals surface area contributed by atoms with Gasteiger partial charge in [-0.3, -0.25) is 4.79 Å². The number of hydrogen-bond acceptors (Lipinski definition) is 7. The molecule has 0 aliphatic carbocycles. The SMILES string of the molecule is COC(=O)C1=C(C)N=C2SC=C(CC(=O)N3CCCC3)N2C1c1cccc(OC)c1. The highest BCUT2D eigenvalue weighted by molar-refractivity contribution is 8.16. The van der Waals surface area contributed by atoms with Crippen molar-refractivity contribution in [2.45, 2.75) is 32.2 Å². The van der Waals surface area contributed by atoms with Gasteiger partial charge in [-0.2, -0.15) is 0 Å². The van der Waals surface area contributed by atoms with Gasteiger partial charge >= 0.3 is 5.97 Å². The Balaban J connectivity index is 1.73. The van der Waals surface area contributed by atoms with Crippen molar-refractivity contribution < 1.29 is 19.1 Å². The predicted molar refractivity (Wildman–Crippen MR) is 116 cm³/mol. The van der Waals surface area contributed by atoms with Crippen LogP contribution in [0.3, 0.4) is 0 Å². The van der Waals surface area contributed by atoms with Crippen LogP contribution in [0, 0.1) is 0 Å². The van der Waals surface area contributed by atoms with Crippen LogP contribution in [-0.2, 0) is 14.3 Å². The van der Waals surface area contributed by atoms with Gasteiger partial charge in [-0.25, -0.2) is 9.79 Å². The number of benzene rings is 1. The molecule has 1 amide bonds. The van der Waals surface area contributed by atoms with E-state index in [-0.39, 0.29) is 12.3 Å². The van der Waals surface area contributed by atoms with Crippen LogP contribution in [0.2, 0.25) is 0 Å². The summed E-state index contributed by atoms with van der Waals surface area (Å²) in [5.74, 6) is 0.380. The molecule has 1 aromatic carbocycles. The van der Waals surface area contributed by atoms with Gasteiger partial charge in [0.25, 0.3) is 0 Å². The number of hydrogen-bond donors (Lipinski definition) is 0. The molecule has 1 aromatic rings. The minimum Gasteiger partial charge on any atom is -0.497 e. The second-order valence-electron chi connectivity index (χ2n) is 7.43. The Morgan fingerprint density at radius 2 is 2.00 bits per heavy atom. The number of thioether (sulfide) groups is 1. The summed E-state index contributed by atoms with van der Waals surface area (Å²) < 4.78 is 10.5. The fraction of sp³-hybridized carbons (Fsp3) is 0.409. The Bertz CT molecular complexity index is 963. The van der Waals surface area contributed by atoms with E-state index in [1.165, 1.54) is 18.9 Å². The molecule has 8 heteroatoms. The van der Waals surface area contributed by atoms with Crippen LogP contribution in [0.15, 0.2) is 51.6 Å². The number of fused-ring (bicyclic) bond motifs is 1. The molecule has 1 fully saturated rings. The summed E-state index contributed by atoms with van der Waals surface area (Å²) in [6.45, 7) is 3.44. The first-order valence-corrected chi connectivity index (χ1v) is 10.9. The normalized spacial score (nSPS) is 20.7. The molecule has 0 spiro atoms. The van der Waals surface area contributed by atoms with E-state index in [2.05, 4.69) is 4.99 Å². The van der Waals surface area contributed by atoms with Crippen LogP contribution in [0.4, 0.5) is 0 Å². The lowest BCUT2D eigenvalue weighted by atomic mass is 9.93. The van der Waals surface area contributed by atoms with Crippen molar-refractivity contribution in [3.05, 3.63) is 52.2 Å². The summed E-state index contributed by atoms with van der Waals surface area (Å²) in [5.41, 5.74) is 2.81. The number of allylic oxidation sites excluding steroid dienone is 1. The van der Waals surface area contributed by atoms with Gasteiger partial charge in [0.05, 0.1) is 38.0 Å². The van der Waals surface area contributed by atoms with Crippen molar-refractivity contribution in [1.29, 1.82) is 0 Å². The Morgan fingerprint density at radius 1 is 1.23 bits per heavy atom. The number of carbonyl (C=O) groups is 2. The number of amides is 1. The van der Waals surface area contributed by atoms with Crippen LogP contribution < -0.4 is 4.74 Å². The minimum absolute atomic E-state index is 0.107. The van der Waals surface area contributed by atoms with Crippen LogP contribution in [0.5, 0.6) is 5.75 Å².